The van der Waals surface area contributed by atoms with Crippen molar-refractivity contribution >= 4 is 5.69 Å². The highest BCUT2D eigenvalue weighted by atomic mass is 19.1. The van der Waals surface area contributed by atoms with Crippen LogP contribution in [0.1, 0.15) is 44.1 Å². The molecule has 21 heavy (non-hydrogen) atoms. The average Bonchev–Trinajstić information content (AvgIpc) is 2.70. The first kappa shape index (κ1) is 14.8. The third kappa shape index (κ3) is 3.23. The molecule has 2 nitrogen and oxygen atoms in total. The van der Waals surface area contributed by atoms with E-state index in [0.717, 1.165) is 31.7 Å². The fourth-order valence-electron chi connectivity index (χ4n) is 4.23. The third-order valence-electron chi connectivity index (χ3n) is 5.28. The zero-order valence-corrected chi connectivity index (χ0v) is 13.1. The molecule has 0 bridgehead atoms. The Kier molecular flexibility index (Phi) is 4.48. The van der Waals surface area contributed by atoms with Crippen molar-refractivity contribution in [2.75, 3.05) is 31.6 Å². The molecule has 1 aromatic rings. The number of benzene rings is 1. The molecule has 1 N–H and O–H groups in total. The van der Waals surface area contributed by atoms with Gasteiger partial charge in [-0.2, -0.15) is 0 Å². The SMILES string of the molecule is CNCC1(CN2CCc3ccc(F)cc32)CCCCCC1. The average molecular weight is 290 g/mol. The molecular formula is C18H27FN2. The van der Waals surface area contributed by atoms with Gasteiger partial charge in [0.2, 0.25) is 0 Å². The van der Waals surface area contributed by atoms with E-state index in [9.17, 15) is 4.39 Å². The molecule has 0 saturated heterocycles. The minimum Gasteiger partial charge on any atom is -0.370 e. The second kappa shape index (κ2) is 6.35. The van der Waals surface area contributed by atoms with Crippen LogP contribution in [0.25, 0.3) is 0 Å². The van der Waals surface area contributed by atoms with Crippen molar-refractivity contribution in [3.63, 3.8) is 0 Å². The second-order valence-electron chi connectivity index (χ2n) is 6.89. The van der Waals surface area contributed by atoms with Crippen molar-refractivity contribution in [1.29, 1.82) is 0 Å². The summed E-state index contributed by atoms with van der Waals surface area (Å²) in [5.74, 6) is -0.107. The standard InChI is InChI=1S/C18H27FN2/c1-20-13-18(9-4-2-3-5-10-18)14-21-11-8-15-6-7-16(19)12-17(15)21/h6-7,12,20H,2-5,8-11,13-14H2,1H3. The number of rotatable bonds is 4. The van der Waals surface area contributed by atoms with Gasteiger partial charge in [0.05, 0.1) is 0 Å². The van der Waals surface area contributed by atoms with E-state index >= 15 is 0 Å². The van der Waals surface area contributed by atoms with Gasteiger partial charge in [0.15, 0.2) is 0 Å². The number of hydrogen-bond donors (Lipinski definition) is 1. The molecular weight excluding hydrogens is 263 g/mol. The van der Waals surface area contributed by atoms with Crippen LogP contribution in [-0.4, -0.2) is 26.7 Å². The molecule has 0 atom stereocenters. The highest BCUT2D eigenvalue weighted by Gasteiger charge is 2.34. The minimum atomic E-state index is -0.107. The zero-order chi connectivity index (χ0) is 14.7. The minimum absolute atomic E-state index is 0.107. The summed E-state index contributed by atoms with van der Waals surface area (Å²) in [5, 5.41) is 3.41. The first-order valence-corrected chi connectivity index (χ1v) is 8.40. The molecule has 0 amide bonds. The van der Waals surface area contributed by atoms with Crippen LogP contribution in [0.4, 0.5) is 10.1 Å². The summed E-state index contributed by atoms with van der Waals surface area (Å²) in [7, 11) is 2.06. The van der Waals surface area contributed by atoms with E-state index < -0.39 is 0 Å². The summed E-state index contributed by atoms with van der Waals surface area (Å²) < 4.78 is 13.6. The van der Waals surface area contributed by atoms with Gasteiger partial charge >= 0.3 is 0 Å². The van der Waals surface area contributed by atoms with Crippen LogP contribution in [0.15, 0.2) is 18.2 Å². The van der Waals surface area contributed by atoms with Gasteiger partial charge < -0.3 is 10.2 Å². The maximum absolute atomic E-state index is 13.6. The summed E-state index contributed by atoms with van der Waals surface area (Å²) >= 11 is 0. The van der Waals surface area contributed by atoms with Crippen LogP contribution in [0.5, 0.6) is 0 Å². The Hall–Kier alpha value is -1.09. The Balaban J connectivity index is 1.79. The van der Waals surface area contributed by atoms with Gasteiger partial charge in [0, 0.05) is 30.7 Å². The molecule has 0 aromatic heterocycles. The molecule has 3 heteroatoms. The third-order valence-corrected chi connectivity index (χ3v) is 5.28. The predicted octanol–water partition coefficient (Wildman–Crippen LogP) is 3.75. The van der Waals surface area contributed by atoms with E-state index in [1.165, 1.54) is 44.1 Å². The van der Waals surface area contributed by atoms with Gasteiger partial charge in [0.1, 0.15) is 5.82 Å². The zero-order valence-electron chi connectivity index (χ0n) is 13.1. The van der Waals surface area contributed by atoms with E-state index in [0.29, 0.717) is 5.41 Å². The number of hydrogen-bond acceptors (Lipinski definition) is 2. The number of fused-ring (bicyclic) bond motifs is 1. The Morgan fingerprint density at radius 1 is 1.19 bits per heavy atom. The van der Waals surface area contributed by atoms with Crippen LogP contribution in [-0.2, 0) is 6.42 Å². The van der Waals surface area contributed by atoms with Crippen molar-refractivity contribution in [2.24, 2.45) is 5.41 Å². The molecule has 1 fully saturated rings. The normalized spacial score (nSPS) is 21.1. The van der Waals surface area contributed by atoms with Crippen molar-refractivity contribution in [3.8, 4) is 0 Å². The van der Waals surface area contributed by atoms with Crippen molar-refractivity contribution < 1.29 is 4.39 Å². The molecule has 1 aromatic carbocycles. The van der Waals surface area contributed by atoms with Crippen LogP contribution < -0.4 is 10.2 Å². The van der Waals surface area contributed by atoms with Gasteiger partial charge in [-0.25, -0.2) is 4.39 Å². The van der Waals surface area contributed by atoms with Gasteiger partial charge in [0.25, 0.3) is 0 Å². The summed E-state index contributed by atoms with van der Waals surface area (Å²) in [6.45, 7) is 3.20. The maximum Gasteiger partial charge on any atom is 0.125 e. The number of anilines is 1. The predicted molar refractivity (Wildman–Crippen MR) is 86.4 cm³/mol. The lowest BCUT2D eigenvalue weighted by molar-refractivity contribution is 0.243. The summed E-state index contributed by atoms with van der Waals surface area (Å²) in [5.41, 5.74) is 2.80. The van der Waals surface area contributed by atoms with Gasteiger partial charge in [-0.1, -0.05) is 31.7 Å². The lowest BCUT2D eigenvalue weighted by Crippen LogP contribution is -2.43. The van der Waals surface area contributed by atoms with Crippen molar-refractivity contribution in [1.82, 2.24) is 5.32 Å². The van der Waals surface area contributed by atoms with Crippen LogP contribution >= 0.6 is 0 Å². The molecule has 2 aliphatic rings. The van der Waals surface area contributed by atoms with Gasteiger partial charge in [-0.15, -0.1) is 0 Å². The van der Waals surface area contributed by atoms with E-state index in [2.05, 4.69) is 17.3 Å². The highest BCUT2D eigenvalue weighted by molar-refractivity contribution is 5.58. The number of nitrogens with one attached hydrogen (secondary N) is 1. The van der Waals surface area contributed by atoms with E-state index in [4.69, 9.17) is 0 Å². The van der Waals surface area contributed by atoms with Crippen molar-refractivity contribution in [2.45, 2.75) is 44.9 Å². The molecule has 1 aliphatic carbocycles. The molecule has 1 heterocycles. The summed E-state index contributed by atoms with van der Waals surface area (Å²) in [6, 6.07) is 5.28. The first-order chi connectivity index (χ1) is 10.2. The number of halogens is 1. The molecule has 116 valence electrons. The number of nitrogens with zero attached hydrogens (tertiary/aromatic N) is 1. The largest absolute Gasteiger partial charge is 0.370 e. The van der Waals surface area contributed by atoms with E-state index in [1.54, 1.807) is 12.1 Å². The van der Waals surface area contributed by atoms with Gasteiger partial charge in [-0.05, 0) is 44.0 Å². The second-order valence-corrected chi connectivity index (χ2v) is 6.89. The Bertz CT molecular complexity index is 478. The molecule has 1 saturated carbocycles. The van der Waals surface area contributed by atoms with Crippen LogP contribution in [0.3, 0.4) is 0 Å². The van der Waals surface area contributed by atoms with E-state index in [-0.39, 0.29) is 5.82 Å². The smallest absolute Gasteiger partial charge is 0.125 e. The summed E-state index contributed by atoms with van der Waals surface area (Å²) in [6.07, 6.45) is 9.08. The topological polar surface area (TPSA) is 15.3 Å². The molecule has 0 unspecified atom stereocenters. The monoisotopic (exact) mass is 290 g/mol. The lowest BCUT2D eigenvalue weighted by atomic mass is 9.79. The Morgan fingerprint density at radius 3 is 2.67 bits per heavy atom. The van der Waals surface area contributed by atoms with E-state index in [1.807, 2.05) is 6.07 Å². The quantitative estimate of drug-likeness (QED) is 0.850. The highest BCUT2D eigenvalue weighted by Crippen LogP contribution is 2.38. The molecule has 0 spiro atoms. The summed E-state index contributed by atoms with van der Waals surface area (Å²) in [4.78, 5) is 2.43. The Morgan fingerprint density at radius 2 is 1.95 bits per heavy atom. The van der Waals surface area contributed by atoms with Crippen LogP contribution in [0.2, 0.25) is 0 Å². The van der Waals surface area contributed by atoms with Crippen LogP contribution in [0, 0.1) is 11.2 Å². The fourth-order valence-corrected chi connectivity index (χ4v) is 4.23. The first-order valence-electron chi connectivity index (χ1n) is 8.40. The molecule has 0 radical (unpaired) electrons. The Labute approximate surface area is 127 Å². The lowest BCUT2D eigenvalue weighted by Gasteiger charge is -2.37. The van der Waals surface area contributed by atoms with Gasteiger partial charge in [-0.3, -0.25) is 0 Å². The van der Waals surface area contributed by atoms with Crippen molar-refractivity contribution in [3.05, 3.63) is 29.6 Å². The molecule has 3 rings (SSSR count). The molecule has 1 aliphatic heterocycles. The fraction of sp³-hybridized carbons (Fsp3) is 0.667. The maximum atomic E-state index is 13.6.